The lowest BCUT2D eigenvalue weighted by atomic mass is 10.1. The highest BCUT2D eigenvalue weighted by molar-refractivity contribution is 5.90. The number of carboxylic acids is 1. The van der Waals surface area contributed by atoms with Crippen molar-refractivity contribution >= 4 is 17.9 Å². The minimum absolute atomic E-state index is 0.0691. The molecule has 0 aromatic carbocycles. The van der Waals surface area contributed by atoms with Crippen molar-refractivity contribution in [2.24, 2.45) is 0 Å². The largest absolute Gasteiger partial charge is 0.481 e. The van der Waals surface area contributed by atoms with E-state index >= 15 is 0 Å². The molecule has 1 aliphatic heterocycles. The summed E-state index contributed by atoms with van der Waals surface area (Å²) in [5.41, 5.74) is 0. The van der Waals surface area contributed by atoms with Crippen LogP contribution in [0.2, 0.25) is 0 Å². The fourth-order valence-electron chi connectivity index (χ4n) is 2.66. The molecular weight excluding hydrogens is 276 g/mol. The Morgan fingerprint density at radius 2 is 2.14 bits per heavy atom. The van der Waals surface area contributed by atoms with Gasteiger partial charge in [0.15, 0.2) is 0 Å². The number of nitrogens with zero attached hydrogens (tertiary/aromatic N) is 3. The summed E-state index contributed by atoms with van der Waals surface area (Å²) in [4.78, 5) is 24.6. The zero-order chi connectivity index (χ0) is 14.8. The van der Waals surface area contributed by atoms with Gasteiger partial charge in [0, 0.05) is 12.0 Å². The number of anilines is 1. The zero-order valence-electron chi connectivity index (χ0n) is 11.6. The van der Waals surface area contributed by atoms with Gasteiger partial charge in [0.05, 0.1) is 13.0 Å². The molecular formula is C13H18N4O4. The van der Waals surface area contributed by atoms with Crippen LogP contribution in [0, 0.1) is 0 Å². The van der Waals surface area contributed by atoms with Gasteiger partial charge in [0.25, 0.3) is 0 Å². The predicted molar refractivity (Wildman–Crippen MR) is 71.8 cm³/mol. The van der Waals surface area contributed by atoms with Crippen molar-refractivity contribution in [2.75, 3.05) is 18.4 Å². The molecule has 1 amide bonds. The number of rotatable bonds is 6. The maximum Gasteiger partial charge on any atom is 0.322 e. The maximum atomic E-state index is 12.0. The topological polar surface area (TPSA) is 109 Å². The number of hydrogen-bond donors (Lipinski definition) is 2. The van der Waals surface area contributed by atoms with Gasteiger partial charge in [-0.15, -0.1) is 5.10 Å². The summed E-state index contributed by atoms with van der Waals surface area (Å²) in [6.07, 6.45) is 3.91. The standard InChI is InChI=1S/C13H18N4O4/c18-10(7-17-5-1-2-9(17)6-11(19)20)14-13-16-15-12(21-13)8-3-4-8/h8-9H,1-7H2,(H,19,20)(H,14,16,18). The molecule has 3 rings (SSSR count). The van der Waals surface area contributed by atoms with Crippen LogP contribution in [0.5, 0.6) is 0 Å². The Kier molecular flexibility index (Phi) is 3.87. The van der Waals surface area contributed by atoms with E-state index in [1.807, 2.05) is 4.90 Å². The Labute approximate surface area is 121 Å². The number of carboxylic acid groups (broad SMARTS) is 1. The van der Waals surface area contributed by atoms with Crippen molar-refractivity contribution < 1.29 is 19.1 Å². The average Bonchev–Trinajstić information content (AvgIpc) is 3.03. The van der Waals surface area contributed by atoms with Crippen LogP contribution in [-0.4, -0.2) is 51.2 Å². The van der Waals surface area contributed by atoms with Gasteiger partial charge in [0.1, 0.15) is 0 Å². The lowest BCUT2D eigenvalue weighted by Crippen LogP contribution is -2.37. The fourth-order valence-corrected chi connectivity index (χ4v) is 2.66. The first-order valence-electron chi connectivity index (χ1n) is 7.21. The number of likely N-dealkylation sites (tertiary alicyclic amines) is 1. The highest BCUT2D eigenvalue weighted by Gasteiger charge is 2.30. The third kappa shape index (κ3) is 3.57. The first kappa shape index (κ1) is 14.0. The van der Waals surface area contributed by atoms with E-state index in [0.717, 1.165) is 32.2 Å². The molecule has 114 valence electrons. The Hall–Kier alpha value is -1.96. The maximum absolute atomic E-state index is 12.0. The lowest BCUT2D eigenvalue weighted by Gasteiger charge is -2.21. The summed E-state index contributed by atoms with van der Waals surface area (Å²) in [7, 11) is 0. The molecule has 2 aliphatic rings. The highest BCUT2D eigenvalue weighted by Crippen LogP contribution is 2.39. The molecule has 21 heavy (non-hydrogen) atoms. The van der Waals surface area contributed by atoms with E-state index in [4.69, 9.17) is 9.52 Å². The van der Waals surface area contributed by atoms with E-state index in [9.17, 15) is 9.59 Å². The summed E-state index contributed by atoms with van der Waals surface area (Å²) < 4.78 is 5.37. The quantitative estimate of drug-likeness (QED) is 0.799. The third-order valence-corrected chi connectivity index (χ3v) is 3.87. The van der Waals surface area contributed by atoms with Gasteiger partial charge in [-0.25, -0.2) is 0 Å². The summed E-state index contributed by atoms with van der Waals surface area (Å²) in [6.45, 7) is 0.890. The van der Waals surface area contributed by atoms with Gasteiger partial charge in [-0.1, -0.05) is 5.10 Å². The average molecular weight is 294 g/mol. The van der Waals surface area contributed by atoms with Gasteiger partial charge in [-0.3, -0.25) is 19.8 Å². The van der Waals surface area contributed by atoms with E-state index in [2.05, 4.69) is 15.5 Å². The number of hydrogen-bond acceptors (Lipinski definition) is 6. The van der Waals surface area contributed by atoms with Crippen molar-refractivity contribution in [3.63, 3.8) is 0 Å². The monoisotopic (exact) mass is 294 g/mol. The molecule has 1 aliphatic carbocycles. The second kappa shape index (κ2) is 5.80. The minimum atomic E-state index is -0.835. The van der Waals surface area contributed by atoms with Crippen molar-refractivity contribution in [2.45, 2.75) is 44.1 Å². The molecule has 8 heteroatoms. The molecule has 1 aromatic rings. The molecule has 0 radical (unpaired) electrons. The fraction of sp³-hybridized carbons (Fsp3) is 0.692. The van der Waals surface area contributed by atoms with Gasteiger partial charge < -0.3 is 9.52 Å². The number of amides is 1. The molecule has 1 unspecified atom stereocenters. The molecule has 2 fully saturated rings. The van der Waals surface area contributed by atoms with E-state index in [0.29, 0.717) is 11.8 Å². The van der Waals surface area contributed by atoms with Gasteiger partial charge >= 0.3 is 12.0 Å². The molecule has 0 spiro atoms. The van der Waals surface area contributed by atoms with Crippen molar-refractivity contribution in [1.29, 1.82) is 0 Å². The highest BCUT2D eigenvalue weighted by atomic mass is 16.4. The van der Waals surface area contributed by atoms with Crippen LogP contribution in [0.3, 0.4) is 0 Å². The number of nitrogens with one attached hydrogen (secondary N) is 1. The van der Waals surface area contributed by atoms with Crippen molar-refractivity contribution in [3.05, 3.63) is 5.89 Å². The van der Waals surface area contributed by atoms with Crippen LogP contribution < -0.4 is 5.32 Å². The van der Waals surface area contributed by atoms with Gasteiger partial charge in [0.2, 0.25) is 11.8 Å². The number of carbonyl (C=O) groups excluding carboxylic acids is 1. The Balaban J connectivity index is 1.51. The van der Waals surface area contributed by atoms with E-state index in [1.165, 1.54) is 0 Å². The molecule has 0 bridgehead atoms. The Bertz CT molecular complexity index is 540. The van der Waals surface area contributed by atoms with Gasteiger partial charge in [-0.2, -0.15) is 0 Å². The lowest BCUT2D eigenvalue weighted by molar-refractivity contribution is -0.138. The van der Waals surface area contributed by atoms with Crippen LogP contribution in [-0.2, 0) is 9.59 Å². The Morgan fingerprint density at radius 3 is 2.86 bits per heavy atom. The molecule has 1 saturated heterocycles. The first-order chi connectivity index (χ1) is 10.1. The SMILES string of the molecule is O=C(O)CC1CCCN1CC(=O)Nc1nnc(C2CC2)o1. The summed E-state index contributed by atoms with van der Waals surface area (Å²) >= 11 is 0. The summed E-state index contributed by atoms with van der Waals surface area (Å²) in [6, 6.07) is 0.0499. The van der Waals surface area contributed by atoms with Gasteiger partial charge in [-0.05, 0) is 32.2 Å². The summed E-state index contributed by atoms with van der Waals surface area (Å²) in [5.74, 6) is -0.159. The zero-order valence-corrected chi connectivity index (χ0v) is 11.6. The van der Waals surface area contributed by atoms with E-state index in [1.54, 1.807) is 0 Å². The third-order valence-electron chi connectivity index (χ3n) is 3.87. The smallest absolute Gasteiger partial charge is 0.322 e. The molecule has 1 atom stereocenters. The predicted octanol–water partition coefficient (Wildman–Crippen LogP) is 0.825. The number of carbonyl (C=O) groups is 2. The van der Waals surface area contributed by atoms with Crippen LogP contribution in [0.4, 0.5) is 6.01 Å². The normalized spacial score (nSPS) is 22.4. The van der Waals surface area contributed by atoms with Crippen LogP contribution in [0.25, 0.3) is 0 Å². The molecule has 1 saturated carbocycles. The Morgan fingerprint density at radius 1 is 1.33 bits per heavy atom. The van der Waals surface area contributed by atoms with Crippen LogP contribution in [0.15, 0.2) is 4.42 Å². The minimum Gasteiger partial charge on any atom is -0.481 e. The molecule has 1 aromatic heterocycles. The van der Waals surface area contributed by atoms with Crippen molar-refractivity contribution in [1.82, 2.24) is 15.1 Å². The second-order valence-electron chi connectivity index (χ2n) is 5.63. The van der Waals surface area contributed by atoms with Crippen LogP contribution >= 0.6 is 0 Å². The van der Waals surface area contributed by atoms with E-state index < -0.39 is 5.97 Å². The number of aliphatic carboxylic acids is 1. The molecule has 2 N–H and O–H groups in total. The van der Waals surface area contributed by atoms with E-state index in [-0.39, 0.29) is 30.9 Å². The molecule has 8 nitrogen and oxygen atoms in total. The molecule has 2 heterocycles. The second-order valence-corrected chi connectivity index (χ2v) is 5.63. The summed E-state index contributed by atoms with van der Waals surface area (Å²) in [5, 5.41) is 19.1. The van der Waals surface area contributed by atoms with Crippen molar-refractivity contribution in [3.8, 4) is 0 Å². The van der Waals surface area contributed by atoms with Crippen LogP contribution in [0.1, 0.15) is 43.9 Å². The number of aromatic nitrogens is 2. The first-order valence-corrected chi connectivity index (χ1v) is 7.21.